The van der Waals surface area contributed by atoms with Gasteiger partial charge in [-0.3, -0.25) is 0 Å². The Kier molecular flexibility index (Phi) is 2.75. The third kappa shape index (κ3) is 2.07. The molecule has 1 N–H and O–H groups in total. The number of fused-ring (bicyclic) bond motifs is 1. The van der Waals surface area contributed by atoms with Crippen molar-refractivity contribution in [1.29, 1.82) is 0 Å². The summed E-state index contributed by atoms with van der Waals surface area (Å²) in [5.74, 6) is -1.35. The van der Waals surface area contributed by atoms with Crippen LogP contribution in [0.5, 0.6) is 0 Å². The van der Waals surface area contributed by atoms with Crippen molar-refractivity contribution in [3.05, 3.63) is 0 Å². The molecule has 3 fully saturated rings. The Morgan fingerprint density at radius 1 is 0.944 bits per heavy atom. The standard InChI is InChI=1S/C12H20O6/c1-11(2)14-5-6(16-11)8-7(13)9-10(15-8)18-12(3,4)17-9/h6-10,13H,5H2,1-4H3/t6?,7-,8+,9-,10-/m1/s1. The summed E-state index contributed by atoms with van der Waals surface area (Å²) in [5, 5.41) is 10.3. The molecule has 6 heteroatoms. The average molecular weight is 260 g/mol. The largest absolute Gasteiger partial charge is 0.387 e. The van der Waals surface area contributed by atoms with E-state index >= 15 is 0 Å². The zero-order chi connectivity index (χ0) is 13.1. The maximum absolute atomic E-state index is 10.3. The van der Waals surface area contributed by atoms with E-state index in [9.17, 15) is 5.11 Å². The first kappa shape index (κ1) is 12.8. The fourth-order valence-corrected chi connectivity index (χ4v) is 2.70. The van der Waals surface area contributed by atoms with Crippen molar-refractivity contribution in [2.24, 2.45) is 0 Å². The van der Waals surface area contributed by atoms with Crippen LogP contribution in [0.3, 0.4) is 0 Å². The zero-order valence-corrected chi connectivity index (χ0v) is 11.1. The molecule has 3 heterocycles. The smallest absolute Gasteiger partial charge is 0.190 e. The molecule has 0 aliphatic carbocycles. The van der Waals surface area contributed by atoms with Crippen LogP contribution < -0.4 is 0 Å². The van der Waals surface area contributed by atoms with Crippen LogP contribution in [0.1, 0.15) is 27.7 Å². The van der Waals surface area contributed by atoms with E-state index in [-0.39, 0.29) is 6.10 Å². The van der Waals surface area contributed by atoms with Gasteiger partial charge in [0.2, 0.25) is 0 Å². The molecule has 0 bridgehead atoms. The quantitative estimate of drug-likeness (QED) is 0.735. The summed E-state index contributed by atoms with van der Waals surface area (Å²) in [4.78, 5) is 0. The predicted octanol–water partition coefficient (Wildman–Crippen LogP) is 0.375. The van der Waals surface area contributed by atoms with Crippen molar-refractivity contribution < 1.29 is 28.8 Å². The van der Waals surface area contributed by atoms with Gasteiger partial charge in [-0.05, 0) is 27.7 Å². The fourth-order valence-electron chi connectivity index (χ4n) is 2.70. The molecule has 5 atom stereocenters. The van der Waals surface area contributed by atoms with Gasteiger partial charge in [-0.15, -0.1) is 0 Å². The molecule has 0 aromatic carbocycles. The monoisotopic (exact) mass is 260 g/mol. The predicted molar refractivity (Wildman–Crippen MR) is 59.6 cm³/mol. The molecule has 0 saturated carbocycles. The first-order chi connectivity index (χ1) is 8.27. The van der Waals surface area contributed by atoms with Gasteiger partial charge in [-0.2, -0.15) is 0 Å². The van der Waals surface area contributed by atoms with E-state index in [2.05, 4.69) is 0 Å². The average Bonchev–Trinajstić information content (AvgIpc) is 2.81. The maximum Gasteiger partial charge on any atom is 0.190 e. The molecule has 6 nitrogen and oxygen atoms in total. The molecular formula is C12H20O6. The normalized spacial score (nSPS) is 49.5. The lowest BCUT2D eigenvalue weighted by atomic mass is 10.1. The zero-order valence-electron chi connectivity index (χ0n) is 11.1. The lowest BCUT2D eigenvalue weighted by Gasteiger charge is -2.26. The number of ether oxygens (including phenoxy) is 5. The highest BCUT2D eigenvalue weighted by molar-refractivity contribution is 4.97. The van der Waals surface area contributed by atoms with Crippen LogP contribution in [0.15, 0.2) is 0 Å². The minimum Gasteiger partial charge on any atom is -0.387 e. The molecule has 0 aromatic heterocycles. The van der Waals surface area contributed by atoms with Crippen LogP contribution in [0.4, 0.5) is 0 Å². The number of aliphatic hydroxyl groups excluding tert-OH is 1. The number of aliphatic hydroxyl groups is 1. The van der Waals surface area contributed by atoms with E-state index in [0.717, 1.165) is 0 Å². The summed E-state index contributed by atoms with van der Waals surface area (Å²) in [5.41, 5.74) is 0. The van der Waals surface area contributed by atoms with Crippen molar-refractivity contribution in [2.75, 3.05) is 6.61 Å². The highest BCUT2D eigenvalue weighted by Gasteiger charge is 2.57. The highest BCUT2D eigenvalue weighted by atomic mass is 16.8. The first-order valence-electron chi connectivity index (χ1n) is 6.28. The van der Waals surface area contributed by atoms with E-state index in [1.165, 1.54) is 0 Å². The Labute approximate surface area is 106 Å². The molecular weight excluding hydrogens is 240 g/mol. The lowest BCUT2D eigenvalue weighted by molar-refractivity contribution is -0.232. The Bertz CT molecular complexity index is 341. The molecule has 0 aromatic rings. The fraction of sp³-hybridized carbons (Fsp3) is 1.00. The molecule has 0 spiro atoms. The molecule has 104 valence electrons. The second-order valence-corrected chi connectivity index (χ2v) is 5.93. The Hall–Kier alpha value is -0.240. The number of hydrogen-bond donors (Lipinski definition) is 1. The van der Waals surface area contributed by atoms with Crippen LogP contribution in [0.2, 0.25) is 0 Å². The lowest BCUT2D eigenvalue weighted by Crippen LogP contribution is -2.42. The minimum absolute atomic E-state index is 0.295. The van der Waals surface area contributed by atoms with Crippen molar-refractivity contribution in [3.63, 3.8) is 0 Å². The molecule has 3 aliphatic heterocycles. The van der Waals surface area contributed by atoms with Crippen LogP contribution >= 0.6 is 0 Å². The Morgan fingerprint density at radius 2 is 1.67 bits per heavy atom. The van der Waals surface area contributed by atoms with E-state index in [4.69, 9.17) is 23.7 Å². The van der Waals surface area contributed by atoms with Crippen LogP contribution in [0.25, 0.3) is 0 Å². The van der Waals surface area contributed by atoms with Crippen LogP contribution in [-0.4, -0.2) is 54.0 Å². The topological polar surface area (TPSA) is 66.4 Å². The van der Waals surface area contributed by atoms with Crippen molar-refractivity contribution >= 4 is 0 Å². The van der Waals surface area contributed by atoms with Gasteiger partial charge < -0.3 is 28.8 Å². The summed E-state index contributed by atoms with van der Waals surface area (Å²) < 4.78 is 28.1. The molecule has 3 rings (SSSR count). The second-order valence-electron chi connectivity index (χ2n) is 5.93. The third-order valence-corrected chi connectivity index (χ3v) is 3.45. The number of rotatable bonds is 1. The Morgan fingerprint density at radius 3 is 2.22 bits per heavy atom. The molecule has 3 saturated heterocycles. The van der Waals surface area contributed by atoms with Crippen molar-refractivity contribution in [2.45, 2.75) is 70.0 Å². The highest BCUT2D eigenvalue weighted by Crippen LogP contribution is 2.40. The van der Waals surface area contributed by atoms with Gasteiger partial charge in [0.25, 0.3) is 0 Å². The van der Waals surface area contributed by atoms with Gasteiger partial charge in [0.05, 0.1) is 6.61 Å². The SMILES string of the molecule is CC1(C)OCC([C@@H]2O[C@@H]3OC(C)(C)O[C@@H]3[C@@H]2O)O1. The summed E-state index contributed by atoms with van der Waals surface area (Å²) >= 11 is 0. The summed E-state index contributed by atoms with van der Waals surface area (Å²) in [6, 6.07) is 0. The van der Waals surface area contributed by atoms with Gasteiger partial charge >= 0.3 is 0 Å². The van der Waals surface area contributed by atoms with Crippen LogP contribution in [-0.2, 0) is 23.7 Å². The minimum atomic E-state index is -0.765. The van der Waals surface area contributed by atoms with E-state index in [1.807, 2.05) is 13.8 Å². The molecule has 1 unspecified atom stereocenters. The van der Waals surface area contributed by atoms with Gasteiger partial charge in [0.15, 0.2) is 17.9 Å². The van der Waals surface area contributed by atoms with Gasteiger partial charge in [0, 0.05) is 0 Å². The van der Waals surface area contributed by atoms with Gasteiger partial charge in [0.1, 0.15) is 24.4 Å². The summed E-state index contributed by atoms with van der Waals surface area (Å²) in [6.07, 6.45) is -2.53. The molecule has 0 amide bonds. The van der Waals surface area contributed by atoms with Crippen LogP contribution in [0, 0.1) is 0 Å². The Balaban J connectivity index is 1.68. The van der Waals surface area contributed by atoms with Crippen molar-refractivity contribution in [3.8, 4) is 0 Å². The van der Waals surface area contributed by atoms with Crippen molar-refractivity contribution in [1.82, 2.24) is 0 Å². The van der Waals surface area contributed by atoms with E-state index in [0.29, 0.717) is 6.61 Å². The van der Waals surface area contributed by atoms with E-state index in [1.54, 1.807) is 13.8 Å². The second kappa shape index (κ2) is 3.88. The molecule has 3 aliphatic rings. The summed E-state index contributed by atoms with van der Waals surface area (Å²) in [6.45, 7) is 7.68. The molecule has 0 radical (unpaired) electrons. The number of hydrogen-bond acceptors (Lipinski definition) is 6. The van der Waals surface area contributed by atoms with E-state index < -0.39 is 36.2 Å². The van der Waals surface area contributed by atoms with Gasteiger partial charge in [-0.1, -0.05) is 0 Å². The first-order valence-corrected chi connectivity index (χ1v) is 6.28. The third-order valence-electron chi connectivity index (χ3n) is 3.45. The van der Waals surface area contributed by atoms with Gasteiger partial charge in [-0.25, -0.2) is 0 Å². The maximum atomic E-state index is 10.3. The summed E-state index contributed by atoms with van der Waals surface area (Å²) in [7, 11) is 0. The molecule has 18 heavy (non-hydrogen) atoms.